The monoisotopic (exact) mass is 256 g/mol. The summed E-state index contributed by atoms with van der Waals surface area (Å²) in [4.78, 5) is 0. The van der Waals surface area contributed by atoms with E-state index in [9.17, 15) is 4.39 Å². The van der Waals surface area contributed by atoms with Gasteiger partial charge in [0.1, 0.15) is 11.6 Å². The van der Waals surface area contributed by atoms with Gasteiger partial charge in [0.05, 0.1) is 24.4 Å². The third-order valence-electron chi connectivity index (χ3n) is 2.76. The van der Waals surface area contributed by atoms with Gasteiger partial charge in [-0.25, -0.2) is 4.39 Å². The molecule has 0 fully saturated rings. The number of ether oxygens (including phenoxy) is 1. The van der Waals surface area contributed by atoms with Gasteiger partial charge in [-0.1, -0.05) is 12.1 Å². The number of nitrogens with zero attached hydrogens (tertiary/aromatic N) is 1. The van der Waals surface area contributed by atoms with Crippen LogP contribution in [0.15, 0.2) is 42.5 Å². The molecular weight excluding hydrogens is 243 g/mol. The van der Waals surface area contributed by atoms with E-state index in [-0.39, 0.29) is 5.82 Å². The zero-order valence-electron chi connectivity index (χ0n) is 10.5. The van der Waals surface area contributed by atoms with Gasteiger partial charge in [0.25, 0.3) is 0 Å². The second-order valence-electron chi connectivity index (χ2n) is 3.97. The molecule has 2 aromatic rings. The van der Waals surface area contributed by atoms with Gasteiger partial charge in [0, 0.05) is 6.54 Å². The van der Waals surface area contributed by atoms with Crippen LogP contribution in [0.4, 0.5) is 10.1 Å². The third kappa shape index (κ3) is 3.02. The van der Waals surface area contributed by atoms with Crippen LogP contribution in [0.25, 0.3) is 0 Å². The molecule has 0 bridgehead atoms. The third-order valence-corrected chi connectivity index (χ3v) is 2.76. The molecule has 0 aliphatic heterocycles. The molecule has 96 valence electrons. The van der Waals surface area contributed by atoms with Crippen molar-refractivity contribution in [3.8, 4) is 11.8 Å². The normalized spacial score (nSPS) is 9.74. The number of hydrogen-bond acceptors (Lipinski definition) is 3. The maximum Gasteiger partial charge on any atom is 0.141 e. The quantitative estimate of drug-likeness (QED) is 0.912. The van der Waals surface area contributed by atoms with Crippen molar-refractivity contribution >= 4 is 5.69 Å². The van der Waals surface area contributed by atoms with Crippen LogP contribution in [0.1, 0.15) is 11.1 Å². The van der Waals surface area contributed by atoms with Crippen molar-refractivity contribution in [2.75, 3.05) is 12.4 Å². The minimum absolute atomic E-state index is 0.351. The predicted octanol–water partition coefficient (Wildman–Crippen LogP) is 3.32. The molecule has 0 radical (unpaired) electrons. The second-order valence-corrected chi connectivity index (χ2v) is 3.97. The van der Waals surface area contributed by atoms with E-state index in [1.165, 1.54) is 18.2 Å². The summed E-state index contributed by atoms with van der Waals surface area (Å²) in [6, 6.07) is 13.6. The van der Waals surface area contributed by atoms with Crippen molar-refractivity contribution in [1.29, 1.82) is 5.26 Å². The Bertz CT molecular complexity index is 620. The fourth-order valence-electron chi connectivity index (χ4n) is 1.80. The summed E-state index contributed by atoms with van der Waals surface area (Å²) in [5.41, 5.74) is 1.88. The summed E-state index contributed by atoms with van der Waals surface area (Å²) in [6.45, 7) is 0.362. The van der Waals surface area contributed by atoms with Crippen LogP contribution in [-0.2, 0) is 6.54 Å². The van der Waals surface area contributed by atoms with Gasteiger partial charge in [-0.2, -0.15) is 5.26 Å². The molecule has 0 saturated carbocycles. The number of nitrogens with one attached hydrogen (secondary N) is 1. The SMILES string of the molecule is COc1ccccc1NCc1cc(F)ccc1C#N. The zero-order chi connectivity index (χ0) is 13.7. The Morgan fingerprint density at radius 2 is 2.05 bits per heavy atom. The highest BCUT2D eigenvalue weighted by atomic mass is 19.1. The lowest BCUT2D eigenvalue weighted by atomic mass is 10.1. The first-order valence-corrected chi connectivity index (χ1v) is 5.80. The Morgan fingerprint density at radius 1 is 1.26 bits per heavy atom. The van der Waals surface area contributed by atoms with Crippen LogP contribution in [0.5, 0.6) is 5.75 Å². The standard InChI is InChI=1S/C15H13FN2O/c1-19-15-5-3-2-4-14(15)18-10-12-8-13(16)7-6-11(12)9-17/h2-8,18H,10H2,1H3. The molecule has 0 aliphatic carbocycles. The minimum atomic E-state index is -0.351. The average Bonchev–Trinajstić information content (AvgIpc) is 2.45. The Morgan fingerprint density at radius 3 is 2.79 bits per heavy atom. The highest BCUT2D eigenvalue weighted by Gasteiger charge is 2.05. The number of anilines is 1. The Hall–Kier alpha value is -2.54. The molecule has 0 atom stereocenters. The Labute approximate surface area is 111 Å². The van der Waals surface area contributed by atoms with Crippen molar-refractivity contribution in [2.24, 2.45) is 0 Å². The summed E-state index contributed by atoms with van der Waals surface area (Å²) in [7, 11) is 1.59. The van der Waals surface area contributed by atoms with E-state index in [4.69, 9.17) is 10.00 Å². The first-order valence-electron chi connectivity index (χ1n) is 5.80. The van der Waals surface area contributed by atoms with Crippen LogP contribution in [0.2, 0.25) is 0 Å². The molecule has 1 N–H and O–H groups in total. The molecular formula is C15H13FN2O. The fourth-order valence-corrected chi connectivity index (χ4v) is 1.80. The smallest absolute Gasteiger partial charge is 0.141 e. The van der Waals surface area contributed by atoms with Crippen LogP contribution in [0.3, 0.4) is 0 Å². The lowest BCUT2D eigenvalue weighted by Gasteiger charge is -2.11. The molecule has 4 heteroatoms. The Kier molecular flexibility index (Phi) is 3.99. The molecule has 2 aromatic carbocycles. The van der Waals surface area contributed by atoms with Gasteiger partial charge in [-0.05, 0) is 35.9 Å². The summed E-state index contributed by atoms with van der Waals surface area (Å²) in [5, 5.41) is 12.1. The van der Waals surface area contributed by atoms with Crippen molar-refractivity contribution in [2.45, 2.75) is 6.54 Å². The van der Waals surface area contributed by atoms with E-state index in [1.54, 1.807) is 7.11 Å². The average molecular weight is 256 g/mol. The van der Waals surface area contributed by atoms with Gasteiger partial charge in [-0.3, -0.25) is 0 Å². The molecule has 0 saturated heterocycles. The lowest BCUT2D eigenvalue weighted by molar-refractivity contribution is 0.416. The summed E-state index contributed by atoms with van der Waals surface area (Å²) < 4.78 is 18.4. The molecule has 0 heterocycles. The molecule has 2 rings (SSSR count). The minimum Gasteiger partial charge on any atom is -0.495 e. The molecule has 0 amide bonds. The predicted molar refractivity (Wildman–Crippen MR) is 71.4 cm³/mol. The van der Waals surface area contributed by atoms with Crippen LogP contribution >= 0.6 is 0 Å². The number of rotatable bonds is 4. The second kappa shape index (κ2) is 5.87. The van der Waals surface area contributed by atoms with Gasteiger partial charge in [0.2, 0.25) is 0 Å². The summed E-state index contributed by atoms with van der Waals surface area (Å²) in [6.07, 6.45) is 0. The van der Waals surface area contributed by atoms with Crippen molar-refractivity contribution < 1.29 is 9.13 Å². The van der Waals surface area contributed by atoms with E-state index >= 15 is 0 Å². The molecule has 3 nitrogen and oxygen atoms in total. The Balaban J connectivity index is 2.19. The zero-order valence-corrected chi connectivity index (χ0v) is 10.5. The number of nitriles is 1. The summed E-state index contributed by atoms with van der Waals surface area (Å²) in [5.74, 6) is 0.355. The fraction of sp³-hybridized carbons (Fsp3) is 0.133. The van der Waals surface area contributed by atoms with E-state index in [0.717, 1.165) is 5.69 Å². The number of para-hydroxylation sites is 2. The highest BCUT2D eigenvalue weighted by Crippen LogP contribution is 2.24. The van der Waals surface area contributed by atoms with Crippen LogP contribution < -0.4 is 10.1 Å². The van der Waals surface area contributed by atoms with Crippen LogP contribution in [-0.4, -0.2) is 7.11 Å². The molecule has 0 spiro atoms. The maximum atomic E-state index is 13.2. The maximum absolute atomic E-state index is 13.2. The number of benzene rings is 2. The van der Waals surface area contributed by atoms with Gasteiger partial charge < -0.3 is 10.1 Å². The van der Waals surface area contributed by atoms with E-state index in [0.29, 0.717) is 23.4 Å². The topological polar surface area (TPSA) is 45.0 Å². The largest absolute Gasteiger partial charge is 0.495 e. The summed E-state index contributed by atoms with van der Waals surface area (Å²) >= 11 is 0. The molecule has 19 heavy (non-hydrogen) atoms. The first kappa shape index (κ1) is 12.9. The number of hydrogen-bond donors (Lipinski definition) is 1. The van der Waals surface area contributed by atoms with E-state index in [2.05, 4.69) is 5.32 Å². The van der Waals surface area contributed by atoms with Gasteiger partial charge >= 0.3 is 0 Å². The molecule has 0 aromatic heterocycles. The highest BCUT2D eigenvalue weighted by molar-refractivity contribution is 5.56. The number of halogens is 1. The molecule has 0 unspecified atom stereocenters. The van der Waals surface area contributed by atoms with Gasteiger partial charge in [0.15, 0.2) is 0 Å². The van der Waals surface area contributed by atoms with Crippen molar-refractivity contribution in [1.82, 2.24) is 0 Å². The number of methoxy groups -OCH3 is 1. The molecule has 0 aliphatic rings. The lowest BCUT2D eigenvalue weighted by Crippen LogP contribution is -2.03. The van der Waals surface area contributed by atoms with E-state index in [1.807, 2.05) is 30.3 Å². The first-order chi connectivity index (χ1) is 9.24. The van der Waals surface area contributed by atoms with Gasteiger partial charge in [-0.15, -0.1) is 0 Å². The van der Waals surface area contributed by atoms with Crippen molar-refractivity contribution in [3.05, 3.63) is 59.4 Å². The van der Waals surface area contributed by atoms with Crippen LogP contribution in [0, 0.1) is 17.1 Å². The van der Waals surface area contributed by atoms with E-state index < -0.39 is 0 Å². The van der Waals surface area contributed by atoms with Crippen molar-refractivity contribution in [3.63, 3.8) is 0 Å².